The molecule has 0 unspecified atom stereocenters. The lowest BCUT2D eigenvalue weighted by atomic mass is 9.71. The van der Waals surface area contributed by atoms with Crippen molar-refractivity contribution in [1.29, 1.82) is 0 Å². The Morgan fingerprint density at radius 2 is 1.61 bits per heavy atom. The van der Waals surface area contributed by atoms with Crippen molar-refractivity contribution in [2.24, 2.45) is 0 Å². The van der Waals surface area contributed by atoms with Gasteiger partial charge in [-0.05, 0) is 71.1 Å². The minimum absolute atomic E-state index is 0.151. The van der Waals surface area contributed by atoms with Crippen molar-refractivity contribution in [3.05, 3.63) is 70.0 Å². The molecule has 236 valence electrons. The van der Waals surface area contributed by atoms with Crippen molar-refractivity contribution in [3.63, 3.8) is 0 Å². The average molecular weight is 670 g/mol. The Morgan fingerprint density at radius 3 is 2.20 bits per heavy atom. The number of hydrogen-bond donors (Lipinski definition) is 1. The van der Waals surface area contributed by atoms with E-state index in [1.807, 2.05) is 64.0 Å². The molecule has 0 aliphatic heterocycles. The summed E-state index contributed by atoms with van der Waals surface area (Å²) in [5.74, 6) is 1.07. The van der Waals surface area contributed by atoms with Crippen LogP contribution in [0.15, 0.2) is 53.3 Å². The smallest absolute Gasteiger partial charge is 0.217 e. The van der Waals surface area contributed by atoms with Crippen LogP contribution in [0, 0.1) is 0 Å². The SMILES string of the molecule is CCOc1cc([C@](O)(CCN(C)C)[C@@H](c2cc3cc(Br)ccc3nc2OC)c2c(OC)cncc2OC)cc(OC(C)C)n1. The highest BCUT2D eigenvalue weighted by Crippen LogP contribution is 2.52. The van der Waals surface area contributed by atoms with Crippen molar-refractivity contribution in [2.75, 3.05) is 48.6 Å². The molecule has 11 heteroatoms. The molecule has 10 nitrogen and oxygen atoms in total. The van der Waals surface area contributed by atoms with Gasteiger partial charge in [0.1, 0.15) is 17.1 Å². The summed E-state index contributed by atoms with van der Waals surface area (Å²) in [6.45, 7) is 6.65. The average Bonchev–Trinajstić information content (AvgIpc) is 2.99. The molecule has 4 aromatic rings. The highest BCUT2D eigenvalue weighted by Gasteiger charge is 2.46. The van der Waals surface area contributed by atoms with Gasteiger partial charge in [-0.2, -0.15) is 4.98 Å². The minimum Gasteiger partial charge on any atom is -0.495 e. The van der Waals surface area contributed by atoms with Gasteiger partial charge in [0.25, 0.3) is 0 Å². The van der Waals surface area contributed by atoms with Crippen LogP contribution in [-0.2, 0) is 5.60 Å². The lowest BCUT2D eigenvalue weighted by Crippen LogP contribution is -2.38. The van der Waals surface area contributed by atoms with Gasteiger partial charge in [-0.15, -0.1) is 0 Å². The Kier molecular flexibility index (Phi) is 10.9. The second kappa shape index (κ2) is 14.4. The van der Waals surface area contributed by atoms with E-state index in [0.29, 0.717) is 59.0 Å². The van der Waals surface area contributed by atoms with E-state index >= 15 is 0 Å². The number of aliphatic hydroxyl groups is 1. The summed E-state index contributed by atoms with van der Waals surface area (Å²) in [4.78, 5) is 15.8. The van der Waals surface area contributed by atoms with Crippen LogP contribution in [0.4, 0.5) is 0 Å². The quantitative estimate of drug-likeness (QED) is 0.173. The van der Waals surface area contributed by atoms with Crippen LogP contribution in [0.1, 0.15) is 49.8 Å². The van der Waals surface area contributed by atoms with Crippen LogP contribution in [0.3, 0.4) is 0 Å². The third-order valence-corrected chi connectivity index (χ3v) is 7.75. The normalized spacial score (nSPS) is 13.5. The highest BCUT2D eigenvalue weighted by atomic mass is 79.9. The molecule has 0 spiro atoms. The van der Waals surface area contributed by atoms with E-state index in [2.05, 4.69) is 25.9 Å². The molecule has 0 saturated heterocycles. The van der Waals surface area contributed by atoms with Gasteiger partial charge in [0.15, 0.2) is 0 Å². The van der Waals surface area contributed by atoms with E-state index in [4.69, 9.17) is 28.7 Å². The summed E-state index contributed by atoms with van der Waals surface area (Å²) in [5, 5.41) is 14.2. The number of ether oxygens (including phenoxy) is 5. The fraction of sp³-hybridized carbons (Fsp3) is 0.424. The zero-order chi connectivity index (χ0) is 32.0. The fourth-order valence-corrected chi connectivity index (χ4v) is 5.69. The zero-order valence-electron chi connectivity index (χ0n) is 26.6. The first-order chi connectivity index (χ1) is 21.0. The lowest BCUT2D eigenvalue weighted by Gasteiger charge is -2.39. The molecule has 0 radical (unpaired) electrons. The summed E-state index contributed by atoms with van der Waals surface area (Å²) in [6.07, 6.45) is 3.36. The molecule has 3 heterocycles. The second-order valence-electron chi connectivity index (χ2n) is 10.9. The highest BCUT2D eigenvalue weighted by molar-refractivity contribution is 9.10. The maximum absolute atomic E-state index is 13.3. The Balaban J connectivity index is 2.16. The van der Waals surface area contributed by atoms with E-state index in [1.54, 1.807) is 45.9 Å². The number of pyridine rings is 3. The lowest BCUT2D eigenvalue weighted by molar-refractivity contribution is 0.00192. The number of rotatable bonds is 14. The predicted molar refractivity (Wildman–Crippen MR) is 173 cm³/mol. The third-order valence-electron chi connectivity index (χ3n) is 7.26. The Morgan fingerprint density at radius 1 is 0.932 bits per heavy atom. The van der Waals surface area contributed by atoms with Crippen LogP contribution in [0.5, 0.6) is 29.1 Å². The van der Waals surface area contributed by atoms with Gasteiger partial charge in [0.2, 0.25) is 17.6 Å². The van der Waals surface area contributed by atoms with Crippen molar-refractivity contribution in [3.8, 4) is 29.1 Å². The minimum atomic E-state index is -1.62. The molecule has 0 saturated carbocycles. The molecule has 3 aromatic heterocycles. The summed E-state index contributed by atoms with van der Waals surface area (Å²) < 4.78 is 30.5. The number of aromatic nitrogens is 3. The zero-order valence-corrected chi connectivity index (χ0v) is 28.1. The van der Waals surface area contributed by atoms with Gasteiger partial charge >= 0.3 is 0 Å². The van der Waals surface area contributed by atoms with Crippen LogP contribution < -0.4 is 23.7 Å². The Labute approximate surface area is 267 Å². The van der Waals surface area contributed by atoms with E-state index < -0.39 is 11.5 Å². The first kappa shape index (κ1) is 33.2. The van der Waals surface area contributed by atoms with Crippen LogP contribution in [0.25, 0.3) is 10.9 Å². The first-order valence-corrected chi connectivity index (χ1v) is 15.2. The summed E-state index contributed by atoms with van der Waals surface area (Å²) >= 11 is 3.59. The molecule has 0 bridgehead atoms. The largest absolute Gasteiger partial charge is 0.495 e. The standard InChI is InChI=1S/C33H41BrN4O6/c1-9-43-28-16-22(17-29(37-28)44-20(2)3)33(39,12-13-38(4)5)31(30-26(40-6)18-35-19-27(30)41-7)24-15-21-14-23(34)10-11-25(21)36-32(24)42-8/h10-11,14-20,31,39H,9,12-13H2,1-8H3/t31-,33+/m0/s1. The van der Waals surface area contributed by atoms with E-state index in [-0.39, 0.29) is 12.5 Å². The second-order valence-corrected chi connectivity index (χ2v) is 11.8. The number of fused-ring (bicyclic) bond motifs is 1. The number of methoxy groups -OCH3 is 3. The number of nitrogens with zero attached hydrogens (tertiary/aromatic N) is 4. The molecule has 0 aliphatic carbocycles. The molecular formula is C33H41BrN4O6. The summed E-state index contributed by atoms with van der Waals surface area (Å²) in [5.41, 5.74) is 0.874. The molecule has 4 rings (SSSR count). The molecule has 0 aliphatic rings. The predicted octanol–water partition coefficient (Wildman–Crippen LogP) is 5.97. The molecule has 2 atom stereocenters. The van der Waals surface area contributed by atoms with Gasteiger partial charge in [-0.3, -0.25) is 4.98 Å². The van der Waals surface area contributed by atoms with Crippen molar-refractivity contribution in [2.45, 2.75) is 44.8 Å². The topological polar surface area (TPSA) is 108 Å². The van der Waals surface area contributed by atoms with E-state index in [0.717, 1.165) is 15.4 Å². The fourth-order valence-electron chi connectivity index (χ4n) is 5.31. The third kappa shape index (κ3) is 7.17. The maximum atomic E-state index is 13.3. The number of benzene rings is 1. The van der Waals surface area contributed by atoms with E-state index in [1.165, 1.54) is 0 Å². The molecule has 0 fully saturated rings. The number of halogens is 1. The van der Waals surface area contributed by atoms with Gasteiger partial charge in [0, 0.05) is 34.1 Å². The van der Waals surface area contributed by atoms with Gasteiger partial charge < -0.3 is 33.7 Å². The van der Waals surface area contributed by atoms with Crippen molar-refractivity contribution < 1.29 is 28.8 Å². The Bertz CT molecular complexity index is 1560. The molecule has 1 N–H and O–H groups in total. The van der Waals surface area contributed by atoms with E-state index in [9.17, 15) is 5.11 Å². The summed E-state index contributed by atoms with van der Waals surface area (Å²) in [6, 6.07) is 11.3. The number of hydrogen-bond acceptors (Lipinski definition) is 10. The van der Waals surface area contributed by atoms with Gasteiger partial charge in [-0.25, -0.2) is 4.98 Å². The van der Waals surface area contributed by atoms with Crippen LogP contribution >= 0.6 is 15.9 Å². The maximum Gasteiger partial charge on any atom is 0.217 e. The van der Waals surface area contributed by atoms with Crippen molar-refractivity contribution in [1.82, 2.24) is 19.9 Å². The summed E-state index contributed by atoms with van der Waals surface area (Å²) in [7, 11) is 8.63. The van der Waals surface area contributed by atoms with Crippen LogP contribution in [0.2, 0.25) is 0 Å². The van der Waals surface area contributed by atoms with Crippen LogP contribution in [-0.4, -0.2) is 79.6 Å². The molecule has 0 amide bonds. The molecule has 1 aromatic carbocycles. The first-order valence-electron chi connectivity index (χ1n) is 14.4. The van der Waals surface area contributed by atoms with Gasteiger partial charge in [0.05, 0.1) is 63.4 Å². The van der Waals surface area contributed by atoms with Gasteiger partial charge in [-0.1, -0.05) is 15.9 Å². The monoisotopic (exact) mass is 668 g/mol. The van der Waals surface area contributed by atoms with Crippen molar-refractivity contribution >= 4 is 26.8 Å². The molecule has 44 heavy (non-hydrogen) atoms. The Hall–Kier alpha value is -3.67. The molecular weight excluding hydrogens is 628 g/mol.